The van der Waals surface area contributed by atoms with Crippen LogP contribution in [-0.2, 0) is 11.3 Å². The largest absolute Gasteiger partial charge is 0.388 e. The van der Waals surface area contributed by atoms with E-state index in [9.17, 15) is 4.79 Å². The summed E-state index contributed by atoms with van der Waals surface area (Å²) in [6.07, 6.45) is 2.60. The average molecular weight is 292 g/mol. The van der Waals surface area contributed by atoms with Crippen molar-refractivity contribution < 1.29 is 4.79 Å². The molecule has 3 N–H and O–H groups in total. The molecule has 1 amide bonds. The molecule has 108 valence electrons. The lowest BCUT2D eigenvalue weighted by atomic mass is 9.89. The van der Waals surface area contributed by atoms with Gasteiger partial charge in [0, 0.05) is 26.3 Å². The fourth-order valence-electron chi connectivity index (χ4n) is 2.64. The highest BCUT2D eigenvalue weighted by Crippen LogP contribution is 2.30. The Kier molecular flexibility index (Phi) is 4.35. The second-order valence-corrected chi connectivity index (χ2v) is 5.95. The van der Waals surface area contributed by atoms with Crippen molar-refractivity contribution in [2.75, 3.05) is 20.1 Å². The third kappa shape index (κ3) is 3.13. The molecule has 1 saturated heterocycles. The summed E-state index contributed by atoms with van der Waals surface area (Å²) >= 11 is 4.94. The van der Waals surface area contributed by atoms with Crippen LogP contribution in [0.5, 0.6) is 0 Å². The Hall–Kier alpha value is -1.53. The van der Waals surface area contributed by atoms with Crippen LogP contribution in [0, 0.1) is 5.41 Å². The first kappa shape index (κ1) is 14.9. The molecule has 1 aromatic heterocycles. The minimum atomic E-state index is -0.298. The summed E-state index contributed by atoms with van der Waals surface area (Å²) in [6.45, 7) is 4.47. The maximum atomic E-state index is 11.9. The Labute approximate surface area is 124 Å². The minimum Gasteiger partial charge on any atom is -0.388 e. The van der Waals surface area contributed by atoms with Gasteiger partial charge >= 0.3 is 0 Å². The molecular weight excluding hydrogens is 272 g/mol. The van der Waals surface area contributed by atoms with Crippen LogP contribution in [0.15, 0.2) is 18.3 Å². The van der Waals surface area contributed by atoms with Crippen LogP contribution >= 0.6 is 12.2 Å². The van der Waals surface area contributed by atoms with Crippen LogP contribution in [0.25, 0.3) is 0 Å². The van der Waals surface area contributed by atoms with E-state index in [0.29, 0.717) is 10.7 Å². The normalized spacial score (nSPS) is 22.7. The van der Waals surface area contributed by atoms with Crippen molar-refractivity contribution in [3.63, 3.8) is 0 Å². The van der Waals surface area contributed by atoms with Crippen molar-refractivity contribution >= 4 is 23.1 Å². The summed E-state index contributed by atoms with van der Waals surface area (Å²) in [5.74, 6) is 0.110. The number of likely N-dealkylation sites (tertiary alicyclic amines) is 1. The summed E-state index contributed by atoms with van der Waals surface area (Å²) in [5, 5.41) is 2.75. The van der Waals surface area contributed by atoms with Gasteiger partial charge < -0.3 is 11.1 Å². The van der Waals surface area contributed by atoms with E-state index in [2.05, 4.69) is 15.2 Å². The summed E-state index contributed by atoms with van der Waals surface area (Å²) < 4.78 is 0. The van der Waals surface area contributed by atoms with Gasteiger partial charge in [-0.1, -0.05) is 12.2 Å². The van der Waals surface area contributed by atoms with E-state index in [-0.39, 0.29) is 11.3 Å². The second-order valence-electron chi connectivity index (χ2n) is 5.51. The molecule has 0 radical (unpaired) electrons. The van der Waals surface area contributed by atoms with Gasteiger partial charge in [0.05, 0.1) is 11.1 Å². The molecule has 0 aromatic carbocycles. The third-order valence-electron chi connectivity index (χ3n) is 3.81. The minimum absolute atomic E-state index is 0.110. The highest BCUT2D eigenvalue weighted by atomic mass is 32.1. The number of hydrogen-bond acceptors (Lipinski definition) is 4. The van der Waals surface area contributed by atoms with Crippen LogP contribution in [-0.4, -0.2) is 40.9 Å². The molecule has 1 unspecified atom stereocenters. The summed E-state index contributed by atoms with van der Waals surface area (Å²) in [6, 6.07) is 3.87. The number of amides is 1. The molecule has 1 aliphatic rings. The smallest absolute Gasteiger partial charge is 0.227 e. The van der Waals surface area contributed by atoms with E-state index >= 15 is 0 Å². The molecule has 2 heterocycles. The lowest BCUT2D eigenvalue weighted by Gasteiger charge is -2.22. The van der Waals surface area contributed by atoms with Crippen molar-refractivity contribution in [3.05, 3.63) is 29.6 Å². The van der Waals surface area contributed by atoms with E-state index < -0.39 is 0 Å². The molecule has 0 spiro atoms. The van der Waals surface area contributed by atoms with Crippen molar-refractivity contribution in [1.29, 1.82) is 0 Å². The molecule has 0 saturated carbocycles. The molecule has 1 aliphatic heterocycles. The molecule has 0 bridgehead atoms. The Morgan fingerprint density at radius 2 is 2.40 bits per heavy atom. The first-order valence-electron chi connectivity index (χ1n) is 6.64. The van der Waals surface area contributed by atoms with E-state index in [1.807, 2.05) is 19.1 Å². The fraction of sp³-hybridized carbons (Fsp3) is 0.500. The van der Waals surface area contributed by atoms with E-state index in [0.717, 1.165) is 31.6 Å². The predicted octanol–water partition coefficient (Wildman–Crippen LogP) is 0.674. The zero-order valence-corrected chi connectivity index (χ0v) is 12.7. The fourth-order valence-corrected chi connectivity index (χ4v) is 2.76. The van der Waals surface area contributed by atoms with Gasteiger partial charge in [-0.3, -0.25) is 14.7 Å². The van der Waals surface area contributed by atoms with Gasteiger partial charge in [0.1, 0.15) is 4.99 Å². The standard InChI is InChI=1S/C14H20N4OS/c1-14(13(19)16-2)4-6-18(9-14)8-10-3-5-17-11(7-10)12(15)20/h3,5,7H,4,6,8-9H2,1-2H3,(H2,15,20)(H,16,19). The second kappa shape index (κ2) is 5.85. The highest BCUT2D eigenvalue weighted by molar-refractivity contribution is 7.80. The van der Waals surface area contributed by atoms with Gasteiger partial charge in [0.15, 0.2) is 0 Å². The lowest BCUT2D eigenvalue weighted by Crippen LogP contribution is -2.39. The first-order chi connectivity index (χ1) is 9.44. The Morgan fingerprint density at radius 1 is 1.65 bits per heavy atom. The number of nitrogens with one attached hydrogen (secondary N) is 1. The van der Waals surface area contributed by atoms with Gasteiger partial charge in [0.25, 0.3) is 0 Å². The number of nitrogens with zero attached hydrogens (tertiary/aromatic N) is 2. The van der Waals surface area contributed by atoms with E-state index in [1.165, 1.54) is 0 Å². The number of hydrogen-bond donors (Lipinski definition) is 2. The molecule has 5 nitrogen and oxygen atoms in total. The molecule has 2 rings (SSSR count). The monoisotopic (exact) mass is 292 g/mol. The third-order valence-corrected chi connectivity index (χ3v) is 4.02. The summed E-state index contributed by atoms with van der Waals surface area (Å²) in [5.41, 5.74) is 7.06. The van der Waals surface area contributed by atoms with Gasteiger partial charge in [0.2, 0.25) is 5.91 Å². The number of rotatable bonds is 4. The average Bonchev–Trinajstić information content (AvgIpc) is 2.80. The molecule has 1 fully saturated rings. The maximum absolute atomic E-state index is 11.9. The van der Waals surface area contributed by atoms with Gasteiger partial charge in [-0.15, -0.1) is 0 Å². The summed E-state index contributed by atoms with van der Waals surface area (Å²) in [4.78, 5) is 18.6. The number of carbonyl (C=O) groups excluding carboxylic acids is 1. The first-order valence-corrected chi connectivity index (χ1v) is 7.05. The van der Waals surface area contributed by atoms with E-state index in [1.54, 1.807) is 13.2 Å². The Balaban J connectivity index is 2.04. The lowest BCUT2D eigenvalue weighted by molar-refractivity contribution is -0.129. The quantitative estimate of drug-likeness (QED) is 0.798. The molecule has 1 atom stereocenters. The zero-order valence-electron chi connectivity index (χ0n) is 11.8. The number of aromatic nitrogens is 1. The number of pyridine rings is 1. The van der Waals surface area contributed by atoms with Crippen molar-refractivity contribution in [2.45, 2.75) is 19.9 Å². The van der Waals surface area contributed by atoms with Gasteiger partial charge in [-0.2, -0.15) is 0 Å². The summed E-state index contributed by atoms with van der Waals surface area (Å²) in [7, 11) is 1.69. The number of nitrogens with two attached hydrogens (primary N) is 1. The van der Waals surface area contributed by atoms with Crippen molar-refractivity contribution in [1.82, 2.24) is 15.2 Å². The molecule has 1 aromatic rings. The van der Waals surface area contributed by atoms with Crippen LogP contribution in [0.4, 0.5) is 0 Å². The number of thiocarbonyl (C=S) groups is 1. The van der Waals surface area contributed by atoms with Crippen LogP contribution in [0.1, 0.15) is 24.6 Å². The molecular formula is C14H20N4OS. The highest BCUT2D eigenvalue weighted by Gasteiger charge is 2.39. The van der Waals surface area contributed by atoms with Crippen LogP contribution in [0.3, 0.4) is 0 Å². The van der Waals surface area contributed by atoms with Crippen LogP contribution < -0.4 is 11.1 Å². The Bertz CT molecular complexity index is 534. The van der Waals surface area contributed by atoms with Crippen molar-refractivity contribution in [3.8, 4) is 0 Å². The van der Waals surface area contributed by atoms with Gasteiger partial charge in [-0.25, -0.2) is 0 Å². The van der Waals surface area contributed by atoms with E-state index in [4.69, 9.17) is 18.0 Å². The molecule has 20 heavy (non-hydrogen) atoms. The SMILES string of the molecule is CNC(=O)C1(C)CCN(Cc2ccnc(C(N)=S)c2)C1. The number of carbonyl (C=O) groups is 1. The van der Waals surface area contributed by atoms with Gasteiger partial charge in [-0.05, 0) is 37.6 Å². The van der Waals surface area contributed by atoms with Crippen molar-refractivity contribution in [2.24, 2.45) is 11.1 Å². The Morgan fingerprint density at radius 3 is 3.05 bits per heavy atom. The topological polar surface area (TPSA) is 71.2 Å². The maximum Gasteiger partial charge on any atom is 0.227 e. The predicted molar refractivity (Wildman–Crippen MR) is 82.2 cm³/mol. The molecule has 6 heteroatoms. The molecule has 0 aliphatic carbocycles. The zero-order chi connectivity index (χ0) is 14.8. The van der Waals surface area contributed by atoms with Crippen LogP contribution in [0.2, 0.25) is 0 Å².